The number of nitrogens with zero attached hydrogens (tertiary/aromatic N) is 3. The maximum atomic E-state index is 11.5. The number of carbonyl (C=O) groups is 1. The number of nitrogens with two attached hydrogens (primary N) is 1. The van der Waals surface area contributed by atoms with Crippen LogP contribution in [0.1, 0.15) is 81.2 Å². The molecule has 1 aliphatic heterocycles. The molecular formula is C34H32Cl2N4OS. The first-order chi connectivity index (χ1) is 20.4. The molecule has 1 saturated heterocycles. The van der Waals surface area contributed by atoms with Gasteiger partial charge in [-0.2, -0.15) is 5.10 Å². The van der Waals surface area contributed by atoms with Gasteiger partial charge in [-0.15, -0.1) is 11.3 Å². The minimum Gasteiger partial charge on any atom is -0.366 e. The first-order valence-corrected chi connectivity index (χ1v) is 16.2. The van der Waals surface area contributed by atoms with Crippen LogP contribution in [-0.4, -0.2) is 33.7 Å². The van der Waals surface area contributed by atoms with Crippen LogP contribution in [0.15, 0.2) is 78.2 Å². The Hall–Kier alpha value is -3.16. The number of primary amides is 1. The summed E-state index contributed by atoms with van der Waals surface area (Å²) in [6.07, 6.45) is 4.57. The number of piperidine rings is 1. The fourth-order valence-corrected chi connectivity index (χ4v) is 7.56. The molecule has 0 bridgehead atoms. The second kappa shape index (κ2) is 11.5. The van der Waals surface area contributed by atoms with Crippen molar-refractivity contribution in [2.45, 2.75) is 50.1 Å². The summed E-state index contributed by atoms with van der Waals surface area (Å²) in [7, 11) is 0. The molecule has 5 aromatic rings. The molecule has 1 amide bonds. The number of benzene rings is 3. The molecular weight excluding hydrogens is 583 g/mol. The van der Waals surface area contributed by atoms with E-state index in [1.54, 1.807) is 11.3 Å². The molecule has 2 N–H and O–H groups in total. The number of rotatable bonds is 8. The lowest BCUT2D eigenvalue weighted by Crippen LogP contribution is -2.33. The molecule has 0 radical (unpaired) electrons. The van der Waals surface area contributed by atoms with Crippen molar-refractivity contribution in [3.63, 3.8) is 0 Å². The molecule has 3 aromatic carbocycles. The van der Waals surface area contributed by atoms with Crippen LogP contribution in [-0.2, 0) is 6.54 Å². The molecule has 0 atom stereocenters. The molecule has 1 saturated carbocycles. The summed E-state index contributed by atoms with van der Waals surface area (Å²) >= 11 is 14.2. The van der Waals surface area contributed by atoms with Crippen LogP contribution in [0.5, 0.6) is 0 Å². The third-order valence-electron chi connectivity index (χ3n) is 8.68. The molecule has 1 aliphatic carbocycles. The molecule has 42 heavy (non-hydrogen) atoms. The van der Waals surface area contributed by atoms with Crippen LogP contribution < -0.4 is 5.73 Å². The Bertz CT molecular complexity index is 1690. The van der Waals surface area contributed by atoms with Gasteiger partial charge < -0.3 is 5.73 Å². The Kier molecular flexibility index (Phi) is 7.57. The van der Waals surface area contributed by atoms with Crippen molar-refractivity contribution in [1.29, 1.82) is 0 Å². The van der Waals surface area contributed by atoms with E-state index >= 15 is 0 Å². The molecule has 3 heterocycles. The van der Waals surface area contributed by atoms with E-state index in [1.807, 2.05) is 35.7 Å². The predicted octanol–water partition coefficient (Wildman–Crippen LogP) is 8.40. The summed E-state index contributed by atoms with van der Waals surface area (Å²) in [4.78, 5) is 15.2. The van der Waals surface area contributed by atoms with Crippen LogP contribution in [0, 0.1) is 0 Å². The maximum absolute atomic E-state index is 11.5. The monoisotopic (exact) mass is 614 g/mol. The Labute approximate surface area is 259 Å². The largest absolute Gasteiger partial charge is 0.366 e. The number of thiophene rings is 1. The minimum absolute atomic E-state index is 0.0546. The molecule has 2 fully saturated rings. The summed E-state index contributed by atoms with van der Waals surface area (Å²) < 4.78 is 2.35. The highest BCUT2D eigenvalue weighted by Gasteiger charge is 2.33. The van der Waals surface area contributed by atoms with Crippen molar-refractivity contribution in [3.8, 4) is 0 Å². The van der Waals surface area contributed by atoms with Gasteiger partial charge in [0.1, 0.15) is 0 Å². The van der Waals surface area contributed by atoms with Crippen molar-refractivity contribution < 1.29 is 4.79 Å². The smallest absolute Gasteiger partial charge is 0.249 e. The number of halogens is 2. The average molecular weight is 616 g/mol. The predicted molar refractivity (Wildman–Crippen MR) is 172 cm³/mol. The van der Waals surface area contributed by atoms with Gasteiger partial charge in [0.25, 0.3) is 0 Å². The molecule has 214 valence electrons. The summed E-state index contributed by atoms with van der Waals surface area (Å²) in [5, 5.41) is 9.75. The number of aromatic nitrogens is 2. The van der Waals surface area contributed by atoms with Crippen LogP contribution in [0.2, 0.25) is 10.0 Å². The number of carbonyl (C=O) groups excluding carboxylic acids is 1. The van der Waals surface area contributed by atoms with Crippen LogP contribution in [0.25, 0.3) is 10.9 Å². The topological polar surface area (TPSA) is 64.2 Å². The molecule has 5 nitrogen and oxygen atoms in total. The molecule has 0 spiro atoms. The Morgan fingerprint density at radius 1 is 0.881 bits per heavy atom. The highest BCUT2D eigenvalue weighted by molar-refractivity contribution is 7.10. The zero-order valence-electron chi connectivity index (χ0n) is 23.2. The minimum atomic E-state index is -0.356. The van der Waals surface area contributed by atoms with Crippen LogP contribution in [0.3, 0.4) is 0 Å². The number of likely N-dealkylation sites (tertiary alicyclic amines) is 1. The lowest BCUT2D eigenvalue weighted by atomic mass is 9.84. The Morgan fingerprint density at radius 2 is 1.50 bits per heavy atom. The molecule has 8 heteroatoms. The van der Waals surface area contributed by atoms with Gasteiger partial charge >= 0.3 is 0 Å². The van der Waals surface area contributed by atoms with E-state index < -0.39 is 0 Å². The van der Waals surface area contributed by atoms with Crippen LogP contribution >= 0.6 is 34.5 Å². The highest BCUT2D eigenvalue weighted by atomic mass is 35.5. The number of amides is 1. The number of hydrogen-bond acceptors (Lipinski definition) is 4. The van der Waals surface area contributed by atoms with E-state index in [0.29, 0.717) is 17.5 Å². The van der Waals surface area contributed by atoms with Gasteiger partial charge in [-0.25, -0.2) is 0 Å². The fourth-order valence-electron chi connectivity index (χ4n) is 6.39. The molecule has 2 aromatic heterocycles. The summed E-state index contributed by atoms with van der Waals surface area (Å²) in [6.45, 7) is 2.90. The first-order valence-electron chi connectivity index (χ1n) is 14.6. The third kappa shape index (κ3) is 5.61. The van der Waals surface area contributed by atoms with E-state index in [4.69, 9.17) is 34.0 Å². The summed E-state index contributed by atoms with van der Waals surface area (Å²) in [5.74, 6) is 0.153. The summed E-state index contributed by atoms with van der Waals surface area (Å²) in [5.41, 5.74) is 12.2. The van der Waals surface area contributed by atoms with Crippen molar-refractivity contribution in [2.24, 2.45) is 5.73 Å². The lowest BCUT2D eigenvalue weighted by molar-refractivity contribution is 0.100. The van der Waals surface area contributed by atoms with Crippen molar-refractivity contribution >= 4 is 51.3 Å². The van der Waals surface area contributed by atoms with Gasteiger partial charge in [-0.3, -0.25) is 14.4 Å². The van der Waals surface area contributed by atoms with Gasteiger partial charge in [-0.05, 0) is 97.9 Å². The zero-order valence-corrected chi connectivity index (χ0v) is 25.5. The molecule has 7 rings (SSSR count). The van der Waals surface area contributed by atoms with E-state index in [2.05, 4.69) is 52.0 Å². The van der Waals surface area contributed by atoms with E-state index in [9.17, 15) is 4.79 Å². The second-order valence-corrected chi connectivity index (χ2v) is 13.5. The van der Waals surface area contributed by atoms with Gasteiger partial charge in [0.05, 0.1) is 17.1 Å². The van der Waals surface area contributed by atoms with Gasteiger partial charge in [-0.1, -0.05) is 53.5 Å². The lowest BCUT2D eigenvalue weighted by Gasteiger charge is -2.32. The van der Waals surface area contributed by atoms with Crippen LogP contribution in [0.4, 0.5) is 0 Å². The zero-order chi connectivity index (χ0) is 28.8. The average Bonchev–Trinajstić information content (AvgIpc) is 3.61. The number of hydrogen-bond donors (Lipinski definition) is 1. The fraction of sp³-hybridized carbons (Fsp3) is 0.294. The summed E-state index contributed by atoms with van der Waals surface area (Å²) in [6, 6.07) is 25.6. The van der Waals surface area contributed by atoms with E-state index in [-0.39, 0.29) is 11.8 Å². The SMILES string of the molecule is NC(=O)c1csc(CN2CCC(c3c4cc(C(c5ccc(Cl)cc5)c5ccc(Cl)cc5)ccc4nn3C3CC3)CC2)c1. The van der Waals surface area contributed by atoms with Crippen molar-refractivity contribution in [1.82, 2.24) is 14.7 Å². The third-order valence-corrected chi connectivity index (χ3v) is 10.1. The molecule has 2 aliphatic rings. The maximum Gasteiger partial charge on any atom is 0.249 e. The van der Waals surface area contributed by atoms with E-state index in [0.717, 1.165) is 48.0 Å². The van der Waals surface area contributed by atoms with Gasteiger partial charge in [0, 0.05) is 49.8 Å². The quantitative estimate of drug-likeness (QED) is 0.178. The van der Waals surface area contributed by atoms with E-state index in [1.165, 1.54) is 45.5 Å². The second-order valence-electron chi connectivity index (χ2n) is 11.6. The highest BCUT2D eigenvalue weighted by Crippen LogP contribution is 2.43. The first kappa shape index (κ1) is 27.7. The van der Waals surface area contributed by atoms with Crippen molar-refractivity contribution in [2.75, 3.05) is 13.1 Å². The normalized spacial score (nSPS) is 16.5. The Balaban J connectivity index is 1.21. The molecule has 0 unspecified atom stereocenters. The number of fused-ring (bicyclic) bond motifs is 1. The van der Waals surface area contributed by atoms with Gasteiger partial charge in [0.15, 0.2) is 0 Å². The Morgan fingerprint density at radius 3 is 2.07 bits per heavy atom. The van der Waals surface area contributed by atoms with Crippen molar-refractivity contribution in [3.05, 3.63) is 121 Å². The standard InChI is InChI=1S/C34H32Cl2N4OS/c35-26-6-1-21(2-7-26)32(22-3-8-27(36)9-4-22)24-5-12-31-30(18-24)33(40(38-31)28-10-11-28)23-13-15-39(16-14-23)19-29-17-25(20-42-29)34(37)41/h1-9,12,17-18,20,23,28,32H,10-11,13-16,19H2,(H2,37,41). The van der Waals surface area contributed by atoms with Gasteiger partial charge in [0.2, 0.25) is 5.91 Å².